The number of likely N-dealkylation sites (tertiary alicyclic amines) is 1. The lowest BCUT2D eigenvalue weighted by Gasteiger charge is -2.41. The highest BCUT2D eigenvalue weighted by Gasteiger charge is 2.51. The Bertz CT molecular complexity index is 811. The molecule has 0 unspecified atom stereocenters. The number of ether oxygens (including phenoxy) is 1. The number of amides is 2. The van der Waals surface area contributed by atoms with Gasteiger partial charge in [0.1, 0.15) is 0 Å². The maximum atomic E-state index is 13.5. The molecule has 9 nitrogen and oxygen atoms in total. The number of aliphatic hydroxyl groups excluding tert-OH is 1. The van der Waals surface area contributed by atoms with Crippen LogP contribution in [0.15, 0.2) is 12.3 Å². The molecule has 0 radical (unpaired) electrons. The van der Waals surface area contributed by atoms with Gasteiger partial charge in [0.15, 0.2) is 11.6 Å². The molecule has 2 amide bonds. The van der Waals surface area contributed by atoms with Gasteiger partial charge in [0, 0.05) is 31.7 Å². The summed E-state index contributed by atoms with van der Waals surface area (Å²) in [6, 6.07) is 1.86. The van der Waals surface area contributed by atoms with E-state index in [9.17, 15) is 14.7 Å². The van der Waals surface area contributed by atoms with Crippen molar-refractivity contribution >= 4 is 23.5 Å². The molecule has 0 bridgehead atoms. The molecule has 9 heteroatoms. The predicted molar refractivity (Wildman–Crippen MR) is 111 cm³/mol. The van der Waals surface area contributed by atoms with Crippen molar-refractivity contribution in [1.82, 2.24) is 9.88 Å². The number of nitrogens with one attached hydrogen (secondary N) is 1. The molecule has 1 saturated carbocycles. The maximum Gasteiger partial charge on any atom is 0.409 e. The summed E-state index contributed by atoms with van der Waals surface area (Å²) in [6.45, 7) is 2.14. The molecule has 3 heterocycles. The number of rotatable bonds is 4. The van der Waals surface area contributed by atoms with E-state index in [1.807, 2.05) is 0 Å². The fraction of sp³-hybridized carbons (Fsp3) is 0.667. The molecule has 164 valence electrons. The van der Waals surface area contributed by atoms with E-state index in [1.54, 1.807) is 6.07 Å². The fourth-order valence-electron chi connectivity index (χ4n) is 5.27. The molecule has 3 fully saturated rings. The van der Waals surface area contributed by atoms with E-state index in [4.69, 9.17) is 9.84 Å². The van der Waals surface area contributed by atoms with E-state index >= 15 is 0 Å². The largest absolute Gasteiger partial charge is 0.493 e. The van der Waals surface area contributed by atoms with Crippen LogP contribution in [0.1, 0.15) is 44.9 Å². The number of aromatic nitrogens is 1. The quantitative estimate of drug-likeness (QED) is 0.687. The summed E-state index contributed by atoms with van der Waals surface area (Å²) in [6.07, 6.45) is 5.98. The summed E-state index contributed by atoms with van der Waals surface area (Å²) in [5.41, 5.74) is -0.0589. The van der Waals surface area contributed by atoms with Crippen LogP contribution >= 0.6 is 0 Å². The molecule has 2 aliphatic heterocycles. The molecular formula is C21H30N4O5. The van der Waals surface area contributed by atoms with Crippen LogP contribution in [0, 0.1) is 5.41 Å². The Hall–Kier alpha value is -2.55. The normalized spacial score (nSPS) is 29.3. The maximum absolute atomic E-state index is 13.5. The third-order valence-corrected chi connectivity index (χ3v) is 6.83. The number of aliphatic hydroxyl groups is 1. The third-order valence-electron chi connectivity index (χ3n) is 6.83. The van der Waals surface area contributed by atoms with E-state index in [0.29, 0.717) is 23.8 Å². The minimum atomic E-state index is -1.16. The Morgan fingerprint density at radius 1 is 1.27 bits per heavy atom. The number of hydrogen-bond donors (Lipinski definition) is 3. The lowest BCUT2D eigenvalue weighted by molar-refractivity contribution is -0.139. The highest BCUT2D eigenvalue weighted by atomic mass is 16.5. The van der Waals surface area contributed by atoms with Crippen LogP contribution in [0.3, 0.4) is 0 Å². The first-order valence-electron chi connectivity index (χ1n) is 10.7. The summed E-state index contributed by atoms with van der Waals surface area (Å²) in [7, 11) is 1.53. The van der Waals surface area contributed by atoms with Crippen molar-refractivity contribution < 1.29 is 24.5 Å². The van der Waals surface area contributed by atoms with Gasteiger partial charge < -0.3 is 24.7 Å². The lowest BCUT2D eigenvalue weighted by atomic mass is 9.78. The van der Waals surface area contributed by atoms with Crippen LogP contribution in [0.2, 0.25) is 0 Å². The number of methoxy groups -OCH3 is 1. The van der Waals surface area contributed by atoms with Crippen molar-refractivity contribution in [2.75, 3.05) is 37.0 Å². The monoisotopic (exact) mass is 418 g/mol. The molecule has 30 heavy (non-hydrogen) atoms. The minimum absolute atomic E-state index is 0.227. The molecule has 0 aromatic carbocycles. The van der Waals surface area contributed by atoms with Gasteiger partial charge >= 0.3 is 6.09 Å². The Kier molecular flexibility index (Phi) is 5.73. The van der Waals surface area contributed by atoms with Crippen molar-refractivity contribution in [3.05, 3.63) is 12.3 Å². The molecule has 4 rings (SSSR count). The number of carbonyl (C=O) groups excluding carboxylic acids is 1. The molecule has 2 saturated heterocycles. The van der Waals surface area contributed by atoms with E-state index in [0.717, 1.165) is 58.0 Å². The first kappa shape index (κ1) is 20.7. The third kappa shape index (κ3) is 3.90. The number of pyridine rings is 1. The van der Waals surface area contributed by atoms with Gasteiger partial charge in [-0.2, -0.15) is 0 Å². The highest BCUT2D eigenvalue weighted by Crippen LogP contribution is 2.44. The zero-order valence-electron chi connectivity index (χ0n) is 17.3. The second-order valence-electron chi connectivity index (χ2n) is 8.70. The summed E-state index contributed by atoms with van der Waals surface area (Å²) in [5.74, 6) is 1.36. The molecule has 1 aromatic heterocycles. The average Bonchev–Trinajstić information content (AvgIpc) is 3.03. The van der Waals surface area contributed by atoms with E-state index in [-0.39, 0.29) is 18.1 Å². The van der Waals surface area contributed by atoms with E-state index < -0.39 is 11.5 Å². The SMILES string of the molecule is COc1cc(NC(=O)O)cnc1N1CCC[C@@]2(CCN([C@H]3CC[C@H](O)CC3)C2=O)C1. The fourth-order valence-corrected chi connectivity index (χ4v) is 5.27. The molecule has 3 N–H and O–H groups in total. The Morgan fingerprint density at radius 2 is 2.03 bits per heavy atom. The zero-order chi connectivity index (χ0) is 21.3. The van der Waals surface area contributed by atoms with Crippen LogP contribution in [-0.4, -0.2) is 71.0 Å². The topological polar surface area (TPSA) is 115 Å². The van der Waals surface area contributed by atoms with Crippen molar-refractivity contribution in [1.29, 1.82) is 0 Å². The Morgan fingerprint density at radius 3 is 2.73 bits per heavy atom. The molecule has 1 spiro atoms. The average molecular weight is 418 g/mol. The van der Waals surface area contributed by atoms with Crippen molar-refractivity contribution in [2.45, 2.75) is 57.1 Å². The number of hydrogen-bond acceptors (Lipinski definition) is 6. The van der Waals surface area contributed by atoms with Crippen molar-refractivity contribution in [3.63, 3.8) is 0 Å². The highest BCUT2D eigenvalue weighted by molar-refractivity contribution is 5.86. The molecule has 3 aliphatic rings. The van der Waals surface area contributed by atoms with Gasteiger partial charge in [-0.3, -0.25) is 10.1 Å². The number of piperidine rings is 1. The predicted octanol–water partition coefficient (Wildman–Crippen LogP) is 2.30. The van der Waals surface area contributed by atoms with Gasteiger partial charge in [0.05, 0.1) is 30.5 Å². The lowest BCUT2D eigenvalue weighted by Crippen LogP contribution is -2.50. The second kappa shape index (κ2) is 8.29. The van der Waals surface area contributed by atoms with Gasteiger partial charge in [0.2, 0.25) is 5.91 Å². The van der Waals surface area contributed by atoms with Crippen molar-refractivity contribution in [2.24, 2.45) is 5.41 Å². The van der Waals surface area contributed by atoms with Gasteiger partial charge in [-0.25, -0.2) is 9.78 Å². The molecule has 1 atom stereocenters. The van der Waals surface area contributed by atoms with Crippen LogP contribution in [-0.2, 0) is 4.79 Å². The second-order valence-corrected chi connectivity index (χ2v) is 8.70. The van der Waals surface area contributed by atoms with Crippen LogP contribution in [0.5, 0.6) is 5.75 Å². The number of carbonyl (C=O) groups is 2. The van der Waals surface area contributed by atoms with Gasteiger partial charge in [-0.05, 0) is 44.9 Å². The van der Waals surface area contributed by atoms with Crippen LogP contribution in [0.25, 0.3) is 0 Å². The first-order valence-corrected chi connectivity index (χ1v) is 10.7. The summed E-state index contributed by atoms with van der Waals surface area (Å²) in [5, 5.41) is 21.0. The first-order chi connectivity index (χ1) is 14.4. The van der Waals surface area contributed by atoms with E-state index in [1.165, 1.54) is 13.3 Å². The number of nitrogens with zero attached hydrogens (tertiary/aromatic N) is 3. The Labute approximate surface area is 176 Å². The van der Waals surface area contributed by atoms with Gasteiger partial charge in [0.25, 0.3) is 0 Å². The zero-order valence-corrected chi connectivity index (χ0v) is 17.3. The Balaban J connectivity index is 1.51. The standard InChI is InChI=1S/C21H30N4O5/c1-30-17-11-14(23-20(28)29)12-22-18(17)24-9-2-7-21(13-24)8-10-25(19(21)27)15-3-5-16(26)6-4-15/h11-12,15-16,23,26H,2-10,13H2,1H3,(H,28,29)/t15-,16-,21-/m1/s1. The number of anilines is 2. The summed E-state index contributed by atoms with van der Waals surface area (Å²) < 4.78 is 5.47. The van der Waals surface area contributed by atoms with Gasteiger partial charge in [-0.1, -0.05) is 0 Å². The van der Waals surface area contributed by atoms with Crippen LogP contribution < -0.4 is 15.0 Å². The minimum Gasteiger partial charge on any atom is -0.493 e. The molecule has 1 aliphatic carbocycles. The summed E-state index contributed by atoms with van der Waals surface area (Å²) in [4.78, 5) is 33.0. The van der Waals surface area contributed by atoms with Gasteiger partial charge in [-0.15, -0.1) is 0 Å². The van der Waals surface area contributed by atoms with E-state index in [2.05, 4.69) is 20.1 Å². The molecule has 1 aromatic rings. The van der Waals surface area contributed by atoms with Crippen LogP contribution in [0.4, 0.5) is 16.3 Å². The molecular weight excluding hydrogens is 388 g/mol. The summed E-state index contributed by atoms with van der Waals surface area (Å²) >= 11 is 0. The smallest absolute Gasteiger partial charge is 0.409 e. The number of carboxylic acid groups (broad SMARTS) is 1. The van der Waals surface area contributed by atoms with Crippen molar-refractivity contribution in [3.8, 4) is 5.75 Å².